The first-order valence-electron chi connectivity index (χ1n) is 6.11. The topological polar surface area (TPSA) is 9.23 Å². The Bertz CT molecular complexity index is 262. The maximum Gasteiger partial charge on any atom is 0.0576 e. The van der Waals surface area contributed by atoms with Crippen molar-refractivity contribution in [2.45, 2.75) is 44.6 Å². The van der Waals surface area contributed by atoms with E-state index >= 15 is 0 Å². The van der Waals surface area contributed by atoms with Crippen LogP contribution in [0, 0.1) is 0 Å². The predicted octanol–water partition coefficient (Wildman–Crippen LogP) is 3.58. The zero-order valence-electron chi connectivity index (χ0n) is 9.32. The van der Waals surface area contributed by atoms with E-state index in [1.807, 2.05) is 0 Å². The normalized spacial score (nSPS) is 20.7. The van der Waals surface area contributed by atoms with Crippen molar-refractivity contribution in [2.24, 2.45) is 0 Å². The average molecular weight is 204 g/mol. The lowest BCUT2D eigenvalue weighted by Crippen LogP contribution is -2.04. The van der Waals surface area contributed by atoms with Gasteiger partial charge in [0.15, 0.2) is 0 Å². The Morgan fingerprint density at radius 2 is 2.00 bits per heavy atom. The van der Waals surface area contributed by atoms with Crippen molar-refractivity contribution < 1.29 is 4.74 Å². The van der Waals surface area contributed by atoms with Crippen LogP contribution in [-0.2, 0) is 11.2 Å². The van der Waals surface area contributed by atoms with Crippen LogP contribution in [0.2, 0.25) is 0 Å². The van der Waals surface area contributed by atoms with Crippen LogP contribution in [-0.4, -0.2) is 12.7 Å². The molecular formula is C14H20O. The second-order valence-corrected chi connectivity index (χ2v) is 4.37. The molecule has 0 spiro atoms. The molecule has 15 heavy (non-hydrogen) atoms. The molecule has 82 valence electrons. The summed E-state index contributed by atoms with van der Waals surface area (Å²) >= 11 is 0. The van der Waals surface area contributed by atoms with Crippen LogP contribution in [0.15, 0.2) is 30.3 Å². The van der Waals surface area contributed by atoms with E-state index in [-0.39, 0.29) is 0 Å². The van der Waals surface area contributed by atoms with Crippen molar-refractivity contribution in [1.29, 1.82) is 0 Å². The summed E-state index contributed by atoms with van der Waals surface area (Å²) in [6, 6.07) is 10.7. The van der Waals surface area contributed by atoms with Gasteiger partial charge in [-0.05, 0) is 37.7 Å². The maximum absolute atomic E-state index is 5.61. The van der Waals surface area contributed by atoms with Gasteiger partial charge in [-0.2, -0.15) is 0 Å². The number of rotatable bonds is 5. The molecule has 0 saturated carbocycles. The van der Waals surface area contributed by atoms with Gasteiger partial charge < -0.3 is 4.74 Å². The van der Waals surface area contributed by atoms with E-state index in [9.17, 15) is 0 Å². The minimum absolute atomic E-state index is 0.570. The molecule has 1 aliphatic heterocycles. The zero-order chi connectivity index (χ0) is 10.3. The molecule has 0 aromatic heterocycles. The summed E-state index contributed by atoms with van der Waals surface area (Å²) in [5.74, 6) is 0. The van der Waals surface area contributed by atoms with Gasteiger partial charge in [0.05, 0.1) is 6.10 Å². The molecule has 1 aromatic carbocycles. The third-order valence-corrected chi connectivity index (χ3v) is 3.11. The molecule has 1 heteroatoms. The first kappa shape index (κ1) is 10.7. The van der Waals surface area contributed by atoms with Gasteiger partial charge in [0.2, 0.25) is 0 Å². The third kappa shape index (κ3) is 3.67. The van der Waals surface area contributed by atoms with Crippen LogP contribution in [0.3, 0.4) is 0 Å². The molecular weight excluding hydrogens is 184 g/mol. The fraction of sp³-hybridized carbons (Fsp3) is 0.571. The smallest absolute Gasteiger partial charge is 0.0576 e. The summed E-state index contributed by atoms with van der Waals surface area (Å²) in [7, 11) is 0. The highest BCUT2D eigenvalue weighted by atomic mass is 16.5. The fourth-order valence-electron chi connectivity index (χ4n) is 2.22. The molecule has 0 unspecified atom stereocenters. The molecule has 1 nitrogen and oxygen atoms in total. The van der Waals surface area contributed by atoms with Gasteiger partial charge in [0.25, 0.3) is 0 Å². The van der Waals surface area contributed by atoms with Gasteiger partial charge in [0, 0.05) is 6.61 Å². The van der Waals surface area contributed by atoms with Crippen molar-refractivity contribution in [2.75, 3.05) is 6.61 Å². The monoisotopic (exact) mass is 204 g/mol. The van der Waals surface area contributed by atoms with E-state index in [0.717, 1.165) is 6.61 Å². The van der Waals surface area contributed by atoms with Gasteiger partial charge in [-0.3, -0.25) is 0 Å². The summed E-state index contributed by atoms with van der Waals surface area (Å²) in [5.41, 5.74) is 1.46. The molecule has 1 aromatic rings. The van der Waals surface area contributed by atoms with E-state index in [0.29, 0.717) is 6.10 Å². The lowest BCUT2D eigenvalue weighted by atomic mass is 10.0. The highest BCUT2D eigenvalue weighted by Gasteiger charge is 2.14. The van der Waals surface area contributed by atoms with Crippen molar-refractivity contribution in [3.63, 3.8) is 0 Å². The largest absolute Gasteiger partial charge is 0.378 e. The summed E-state index contributed by atoms with van der Waals surface area (Å²) in [4.78, 5) is 0. The summed E-state index contributed by atoms with van der Waals surface area (Å²) in [5, 5.41) is 0. The number of hydrogen-bond acceptors (Lipinski definition) is 1. The third-order valence-electron chi connectivity index (χ3n) is 3.11. The minimum atomic E-state index is 0.570. The lowest BCUT2D eigenvalue weighted by molar-refractivity contribution is 0.102. The molecule has 0 aliphatic carbocycles. The second kappa shape index (κ2) is 5.92. The van der Waals surface area contributed by atoms with E-state index in [1.165, 1.54) is 44.1 Å². The Hall–Kier alpha value is -0.820. The average Bonchev–Trinajstić information content (AvgIpc) is 2.79. The molecule has 2 rings (SSSR count). The van der Waals surface area contributed by atoms with Crippen LogP contribution in [0.25, 0.3) is 0 Å². The number of ether oxygens (including phenoxy) is 1. The Labute approximate surface area is 92.5 Å². The van der Waals surface area contributed by atoms with E-state index in [1.54, 1.807) is 0 Å². The fourth-order valence-corrected chi connectivity index (χ4v) is 2.22. The van der Waals surface area contributed by atoms with Gasteiger partial charge >= 0.3 is 0 Å². The molecule has 1 aliphatic rings. The van der Waals surface area contributed by atoms with E-state index in [4.69, 9.17) is 4.74 Å². The Balaban J connectivity index is 1.59. The zero-order valence-corrected chi connectivity index (χ0v) is 9.32. The molecule has 0 radical (unpaired) electrons. The van der Waals surface area contributed by atoms with Crippen LogP contribution in [0.4, 0.5) is 0 Å². The molecule has 1 saturated heterocycles. The van der Waals surface area contributed by atoms with E-state index in [2.05, 4.69) is 30.3 Å². The summed E-state index contributed by atoms with van der Waals surface area (Å²) < 4.78 is 5.61. The number of benzene rings is 1. The number of aryl methyl sites for hydroxylation is 1. The van der Waals surface area contributed by atoms with Gasteiger partial charge in [0.1, 0.15) is 0 Å². The van der Waals surface area contributed by atoms with Crippen molar-refractivity contribution in [1.82, 2.24) is 0 Å². The lowest BCUT2D eigenvalue weighted by Gasteiger charge is -2.08. The quantitative estimate of drug-likeness (QED) is 0.666. The van der Waals surface area contributed by atoms with Gasteiger partial charge in [-0.25, -0.2) is 0 Å². The van der Waals surface area contributed by atoms with Gasteiger partial charge in [-0.1, -0.05) is 36.8 Å². The van der Waals surface area contributed by atoms with Crippen LogP contribution < -0.4 is 0 Å². The standard InChI is InChI=1S/C14H20O/c1-2-7-13(8-3-1)9-4-5-10-14-11-6-12-15-14/h1-3,7-8,14H,4-6,9-12H2/t14-/m0/s1. The van der Waals surface area contributed by atoms with Crippen LogP contribution in [0.5, 0.6) is 0 Å². The number of unbranched alkanes of at least 4 members (excludes halogenated alkanes) is 1. The predicted molar refractivity (Wildman–Crippen MR) is 63.0 cm³/mol. The first-order valence-corrected chi connectivity index (χ1v) is 6.11. The maximum atomic E-state index is 5.61. The molecule has 1 heterocycles. The Kier molecular flexibility index (Phi) is 4.22. The van der Waals surface area contributed by atoms with Crippen LogP contribution in [0.1, 0.15) is 37.7 Å². The molecule has 0 bridgehead atoms. The Morgan fingerprint density at radius 3 is 2.73 bits per heavy atom. The number of hydrogen-bond donors (Lipinski definition) is 0. The molecule has 0 amide bonds. The van der Waals surface area contributed by atoms with Crippen molar-refractivity contribution in [3.05, 3.63) is 35.9 Å². The summed E-state index contributed by atoms with van der Waals surface area (Å²) in [6.07, 6.45) is 8.19. The molecule has 1 fully saturated rings. The van der Waals surface area contributed by atoms with Crippen molar-refractivity contribution >= 4 is 0 Å². The first-order chi connectivity index (χ1) is 7.45. The van der Waals surface area contributed by atoms with Crippen molar-refractivity contribution in [3.8, 4) is 0 Å². The highest BCUT2D eigenvalue weighted by Crippen LogP contribution is 2.18. The minimum Gasteiger partial charge on any atom is -0.378 e. The Morgan fingerprint density at radius 1 is 1.13 bits per heavy atom. The molecule has 1 atom stereocenters. The highest BCUT2D eigenvalue weighted by molar-refractivity contribution is 5.14. The molecule has 0 N–H and O–H groups in total. The summed E-state index contributed by atoms with van der Waals surface area (Å²) in [6.45, 7) is 0.989. The second-order valence-electron chi connectivity index (χ2n) is 4.37. The van der Waals surface area contributed by atoms with E-state index < -0.39 is 0 Å². The SMILES string of the molecule is c1ccc(CCCC[C@H]2CCCO2)cc1. The van der Waals surface area contributed by atoms with Crippen LogP contribution >= 0.6 is 0 Å². The van der Waals surface area contributed by atoms with Gasteiger partial charge in [-0.15, -0.1) is 0 Å².